The number of benzene rings is 1. The molecule has 0 N–H and O–H groups in total. The molecule has 1 saturated heterocycles. The quantitative estimate of drug-likeness (QED) is 0.756. The van der Waals surface area contributed by atoms with Gasteiger partial charge in [0.05, 0.1) is 23.8 Å². The molecule has 1 aromatic rings. The molecule has 6 heteroatoms. The van der Waals surface area contributed by atoms with Crippen molar-refractivity contribution in [3.05, 3.63) is 28.8 Å². The molecule has 1 aromatic carbocycles. The van der Waals surface area contributed by atoms with E-state index in [9.17, 15) is 4.79 Å². The molecule has 1 aliphatic carbocycles. The van der Waals surface area contributed by atoms with Gasteiger partial charge in [-0.25, -0.2) is 0 Å². The zero-order valence-electron chi connectivity index (χ0n) is 14.1. The third kappa shape index (κ3) is 3.48. The second-order valence-electron chi connectivity index (χ2n) is 6.65. The van der Waals surface area contributed by atoms with Crippen LogP contribution in [0, 0.1) is 0 Å². The van der Waals surface area contributed by atoms with Crippen molar-refractivity contribution in [3.8, 4) is 11.5 Å². The fraction of sp³-hybridized carbons (Fsp3) is 0.526. The minimum Gasteiger partial charge on any atom is -0.486 e. The second kappa shape index (κ2) is 7.26. The minimum absolute atomic E-state index is 0.0335. The van der Waals surface area contributed by atoms with Crippen LogP contribution in [-0.4, -0.2) is 49.3 Å². The van der Waals surface area contributed by atoms with E-state index in [0.29, 0.717) is 42.9 Å². The van der Waals surface area contributed by atoms with E-state index in [-0.39, 0.29) is 18.1 Å². The summed E-state index contributed by atoms with van der Waals surface area (Å²) in [5, 5.41) is 0.503. The zero-order valence-corrected chi connectivity index (χ0v) is 14.8. The Balaban J connectivity index is 1.49. The smallest absolute Gasteiger partial charge is 0.246 e. The molecular weight excluding hydrogens is 342 g/mol. The first kappa shape index (κ1) is 16.7. The molecule has 1 amide bonds. The van der Waals surface area contributed by atoms with Crippen molar-refractivity contribution in [3.63, 3.8) is 0 Å². The van der Waals surface area contributed by atoms with E-state index in [1.807, 2.05) is 11.0 Å². The van der Waals surface area contributed by atoms with Crippen molar-refractivity contribution in [2.75, 3.05) is 26.4 Å². The number of morpholine rings is 1. The molecule has 2 heterocycles. The van der Waals surface area contributed by atoms with Crippen LogP contribution in [0.15, 0.2) is 18.2 Å². The van der Waals surface area contributed by atoms with E-state index in [1.54, 1.807) is 18.2 Å². The van der Waals surface area contributed by atoms with Crippen LogP contribution < -0.4 is 9.47 Å². The van der Waals surface area contributed by atoms with Crippen LogP contribution in [0.1, 0.15) is 31.2 Å². The summed E-state index contributed by atoms with van der Waals surface area (Å²) in [6.45, 7) is 2.29. The van der Waals surface area contributed by atoms with E-state index in [0.717, 1.165) is 24.8 Å². The van der Waals surface area contributed by atoms with Crippen LogP contribution in [0.25, 0.3) is 6.08 Å². The van der Waals surface area contributed by atoms with Crippen LogP contribution in [-0.2, 0) is 9.53 Å². The molecule has 134 valence electrons. The summed E-state index contributed by atoms with van der Waals surface area (Å²) in [7, 11) is 0. The van der Waals surface area contributed by atoms with Crippen molar-refractivity contribution in [1.82, 2.24) is 4.90 Å². The maximum absolute atomic E-state index is 12.7. The van der Waals surface area contributed by atoms with Gasteiger partial charge < -0.3 is 19.1 Å². The lowest BCUT2D eigenvalue weighted by molar-refractivity contribution is -0.144. The standard InChI is InChI=1S/C19H22ClNO4/c20-14-11-13(12-17-19(14)25-10-9-24-17)5-6-18(22)21-7-8-23-16-4-2-1-3-15(16)21/h5-6,11-12,15-16H,1-4,7-10H2/b6-5+/t15-,16+/m1/s1. The van der Waals surface area contributed by atoms with Gasteiger partial charge in [0.1, 0.15) is 13.2 Å². The molecule has 0 spiro atoms. The highest BCUT2D eigenvalue weighted by atomic mass is 35.5. The first-order valence-electron chi connectivity index (χ1n) is 8.92. The van der Waals surface area contributed by atoms with Crippen LogP contribution in [0.3, 0.4) is 0 Å². The van der Waals surface area contributed by atoms with Crippen LogP contribution >= 0.6 is 11.6 Å². The number of halogens is 1. The Hall–Kier alpha value is -1.72. The monoisotopic (exact) mass is 363 g/mol. The van der Waals surface area contributed by atoms with Crippen molar-refractivity contribution in [1.29, 1.82) is 0 Å². The number of fused-ring (bicyclic) bond motifs is 2. The van der Waals surface area contributed by atoms with Crippen LogP contribution in [0.2, 0.25) is 5.02 Å². The Kier molecular flexibility index (Phi) is 4.86. The summed E-state index contributed by atoms with van der Waals surface area (Å²) < 4.78 is 16.9. The molecule has 2 fully saturated rings. The fourth-order valence-electron chi connectivity index (χ4n) is 3.86. The maximum Gasteiger partial charge on any atom is 0.246 e. The van der Waals surface area contributed by atoms with Crippen molar-refractivity contribution >= 4 is 23.6 Å². The molecular formula is C19H22ClNO4. The number of hydrogen-bond donors (Lipinski definition) is 0. The molecule has 0 unspecified atom stereocenters. The highest BCUT2D eigenvalue weighted by Crippen LogP contribution is 2.38. The minimum atomic E-state index is 0.0335. The van der Waals surface area contributed by atoms with E-state index >= 15 is 0 Å². The summed E-state index contributed by atoms with van der Waals surface area (Å²) in [5.41, 5.74) is 0.830. The molecule has 0 radical (unpaired) electrons. The van der Waals surface area contributed by atoms with Crippen LogP contribution in [0.4, 0.5) is 0 Å². The highest BCUT2D eigenvalue weighted by molar-refractivity contribution is 6.32. The van der Waals surface area contributed by atoms with Crippen molar-refractivity contribution in [2.45, 2.75) is 37.8 Å². The SMILES string of the molecule is O=C(/C=C/c1cc(Cl)c2c(c1)OCCO2)N1CCO[C@H]2CCCC[C@H]21. The Labute approximate surface area is 152 Å². The average molecular weight is 364 g/mol. The summed E-state index contributed by atoms with van der Waals surface area (Å²) in [5.74, 6) is 1.24. The molecule has 0 aromatic heterocycles. The molecule has 25 heavy (non-hydrogen) atoms. The number of ether oxygens (including phenoxy) is 3. The lowest BCUT2D eigenvalue weighted by Crippen LogP contribution is -2.54. The van der Waals surface area contributed by atoms with E-state index < -0.39 is 0 Å². The molecule has 1 saturated carbocycles. The van der Waals surface area contributed by atoms with Gasteiger partial charge in [-0.05, 0) is 36.6 Å². The van der Waals surface area contributed by atoms with Gasteiger partial charge in [-0.15, -0.1) is 0 Å². The predicted molar refractivity (Wildman–Crippen MR) is 95.2 cm³/mol. The maximum atomic E-state index is 12.7. The topological polar surface area (TPSA) is 48.0 Å². The van der Waals surface area contributed by atoms with Crippen LogP contribution in [0.5, 0.6) is 11.5 Å². The number of amides is 1. The Bertz CT molecular complexity index is 688. The third-order valence-corrected chi connectivity index (χ3v) is 5.33. The first-order chi connectivity index (χ1) is 12.2. The summed E-state index contributed by atoms with van der Waals surface area (Å²) in [6.07, 6.45) is 8.04. The van der Waals surface area contributed by atoms with E-state index in [1.165, 1.54) is 6.42 Å². The predicted octanol–water partition coefficient (Wildman–Crippen LogP) is 3.29. The third-order valence-electron chi connectivity index (χ3n) is 5.05. The van der Waals surface area contributed by atoms with Crippen molar-refractivity contribution in [2.24, 2.45) is 0 Å². The lowest BCUT2D eigenvalue weighted by Gasteiger charge is -2.43. The molecule has 2 aliphatic heterocycles. The number of rotatable bonds is 2. The first-order valence-corrected chi connectivity index (χ1v) is 9.29. The van der Waals surface area contributed by atoms with Gasteiger partial charge in [0.25, 0.3) is 0 Å². The largest absolute Gasteiger partial charge is 0.486 e. The number of carbonyl (C=O) groups excluding carboxylic acids is 1. The summed E-state index contributed by atoms with van der Waals surface area (Å²) >= 11 is 6.25. The molecule has 3 aliphatic rings. The van der Waals surface area contributed by atoms with Gasteiger partial charge in [0, 0.05) is 12.6 Å². The van der Waals surface area contributed by atoms with Gasteiger partial charge in [0.2, 0.25) is 5.91 Å². The van der Waals surface area contributed by atoms with Crippen molar-refractivity contribution < 1.29 is 19.0 Å². The number of hydrogen-bond acceptors (Lipinski definition) is 4. The number of carbonyl (C=O) groups is 1. The highest BCUT2D eigenvalue weighted by Gasteiger charge is 2.35. The molecule has 0 bridgehead atoms. The normalized spacial score (nSPS) is 25.7. The Morgan fingerprint density at radius 3 is 2.92 bits per heavy atom. The molecule has 5 nitrogen and oxygen atoms in total. The Morgan fingerprint density at radius 2 is 2.00 bits per heavy atom. The zero-order chi connectivity index (χ0) is 17.2. The molecule has 2 atom stereocenters. The summed E-state index contributed by atoms with van der Waals surface area (Å²) in [6, 6.07) is 3.86. The average Bonchev–Trinajstić information content (AvgIpc) is 2.66. The second-order valence-corrected chi connectivity index (χ2v) is 7.06. The molecule has 4 rings (SSSR count). The van der Waals surface area contributed by atoms with Gasteiger partial charge >= 0.3 is 0 Å². The summed E-state index contributed by atoms with van der Waals surface area (Å²) in [4.78, 5) is 14.7. The van der Waals surface area contributed by atoms with Gasteiger partial charge in [-0.3, -0.25) is 4.79 Å². The lowest BCUT2D eigenvalue weighted by atomic mass is 9.90. The van der Waals surface area contributed by atoms with E-state index in [2.05, 4.69) is 0 Å². The van der Waals surface area contributed by atoms with Gasteiger partial charge in [0.15, 0.2) is 11.5 Å². The fourth-order valence-corrected chi connectivity index (χ4v) is 4.13. The number of nitrogens with zero attached hydrogens (tertiary/aromatic N) is 1. The Morgan fingerprint density at radius 1 is 1.16 bits per heavy atom. The van der Waals surface area contributed by atoms with E-state index in [4.69, 9.17) is 25.8 Å². The van der Waals surface area contributed by atoms with Gasteiger partial charge in [-0.2, -0.15) is 0 Å². The van der Waals surface area contributed by atoms with Gasteiger partial charge in [-0.1, -0.05) is 24.4 Å².